The highest BCUT2D eigenvalue weighted by molar-refractivity contribution is 7.89. The van der Waals surface area contributed by atoms with E-state index in [1.165, 1.54) is 6.33 Å². The number of ether oxygens (including phenoxy) is 1. The smallest absolute Gasteiger partial charge is 0.241 e. The first-order valence-corrected chi connectivity index (χ1v) is 8.15. The summed E-state index contributed by atoms with van der Waals surface area (Å²) in [6.45, 7) is 3.61. The van der Waals surface area contributed by atoms with Gasteiger partial charge in [-0.15, -0.1) is 10.2 Å². The lowest BCUT2D eigenvalue weighted by atomic mass is 10.3. The van der Waals surface area contributed by atoms with Gasteiger partial charge in [0.05, 0.1) is 18.6 Å². The Balaban J connectivity index is 2.24. The number of nitrogens with one attached hydrogen (secondary N) is 1. The van der Waals surface area contributed by atoms with Gasteiger partial charge in [0.2, 0.25) is 10.0 Å². The summed E-state index contributed by atoms with van der Waals surface area (Å²) < 4.78 is 60.1. The van der Waals surface area contributed by atoms with E-state index in [1.54, 1.807) is 4.57 Å². The molecule has 23 heavy (non-hydrogen) atoms. The number of hydrogen-bond donors (Lipinski definition) is 1. The maximum Gasteiger partial charge on any atom is 0.241 e. The minimum Gasteiger partial charge on any atom is -0.491 e. The van der Waals surface area contributed by atoms with Gasteiger partial charge in [0.15, 0.2) is 17.4 Å². The van der Waals surface area contributed by atoms with Gasteiger partial charge in [-0.2, -0.15) is 0 Å². The molecule has 0 radical (unpaired) electrons. The van der Waals surface area contributed by atoms with Crippen LogP contribution in [0.4, 0.5) is 8.78 Å². The molecule has 0 unspecified atom stereocenters. The van der Waals surface area contributed by atoms with Crippen molar-refractivity contribution in [1.82, 2.24) is 19.5 Å². The summed E-state index contributed by atoms with van der Waals surface area (Å²) >= 11 is 0. The molecule has 2 aromatic rings. The van der Waals surface area contributed by atoms with E-state index in [4.69, 9.17) is 0 Å². The van der Waals surface area contributed by atoms with Gasteiger partial charge >= 0.3 is 0 Å². The first-order valence-electron chi connectivity index (χ1n) is 6.67. The van der Waals surface area contributed by atoms with Crippen LogP contribution in [0.3, 0.4) is 0 Å². The topological polar surface area (TPSA) is 86.1 Å². The summed E-state index contributed by atoms with van der Waals surface area (Å²) in [4.78, 5) is -0.538. The van der Waals surface area contributed by atoms with Crippen LogP contribution >= 0.6 is 0 Å². The third-order valence-corrected chi connectivity index (χ3v) is 4.49. The Morgan fingerprint density at radius 2 is 1.91 bits per heavy atom. The third kappa shape index (κ3) is 3.64. The Morgan fingerprint density at radius 3 is 2.43 bits per heavy atom. The Hall–Kier alpha value is -2.07. The van der Waals surface area contributed by atoms with Crippen LogP contribution in [-0.2, 0) is 16.6 Å². The van der Waals surface area contributed by atoms with Crippen LogP contribution in [0.1, 0.15) is 25.7 Å². The zero-order valence-electron chi connectivity index (χ0n) is 12.7. The van der Waals surface area contributed by atoms with Crippen LogP contribution < -0.4 is 9.46 Å². The number of halogens is 2. The molecular formula is C13H16F2N4O3S. The Kier molecular flexibility index (Phi) is 4.95. The van der Waals surface area contributed by atoms with Gasteiger partial charge in [-0.05, 0) is 26.0 Å². The van der Waals surface area contributed by atoms with Crippen molar-refractivity contribution in [3.8, 4) is 5.75 Å². The number of methoxy groups -OCH3 is 1. The molecule has 0 atom stereocenters. The number of nitrogens with zero attached hydrogens (tertiary/aromatic N) is 3. The molecule has 2 rings (SSSR count). The predicted molar refractivity (Wildman–Crippen MR) is 77.3 cm³/mol. The molecule has 0 saturated carbocycles. The first kappa shape index (κ1) is 17.3. The van der Waals surface area contributed by atoms with Crippen LogP contribution in [0.15, 0.2) is 23.4 Å². The molecule has 7 nitrogen and oxygen atoms in total. The monoisotopic (exact) mass is 346 g/mol. The zero-order valence-corrected chi connectivity index (χ0v) is 13.6. The summed E-state index contributed by atoms with van der Waals surface area (Å²) in [5.74, 6) is -2.45. The second kappa shape index (κ2) is 6.59. The van der Waals surface area contributed by atoms with Crippen molar-refractivity contribution in [2.45, 2.75) is 31.3 Å². The lowest BCUT2D eigenvalue weighted by molar-refractivity contribution is 0.358. The van der Waals surface area contributed by atoms with E-state index < -0.39 is 32.3 Å². The van der Waals surface area contributed by atoms with Gasteiger partial charge in [-0.3, -0.25) is 0 Å². The van der Waals surface area contributed by atoms with E-state index in [9.17, 15) is 17.2 Å². The van der Waals surface area contributed by atoms with E-state index in [0.717, 1.165) is 7.11 Å². The molecule has 1 aromatic heterocycles. The fourth-order valence-electron chi connectivity index (χ4n) is 1.95. The zero-order chi connectivity index (χ0) is 17.2. The van der Waals surface area contributed by atoms with E-state index >= 15 is 0 Å². The van der Waals surface area contributed by atoms with Gasteiger partial charge in [-0.25, -0.2) is 21.9 Å². The van der Waals surface area contributed by atoms with Crippen LogP contribution in [-0.4, -0.2) is 30.3 Å². The summed E-state index contributed by atoms with van der Waals surface area (Å²) in [6, 6.07) is 1.43. The Morgan fingerprint density at radius 1 is 1.30 bits per heavy atom. The van der Waals surface area contributed by atoms with E-state index in [0.29, 0.717) is 18.0 Å². The first-order chi connectivity index (χ1) is 10.8. The summed E-state index contributed by atoms with van der Waals surface area (Å²) in [7, 11) is -3.03. The normalized spacial score (nSPS) is 11.9. The molecule has 10 heteroatoms. The van der Waals surface area contributed by atoms with Crippen molar-refractivity contribution in [2.75, 3.05) is 7.11 Å². The van der Waals surface area contributed by atoms with Crippen molar-refractivity contribution in [3.05, 3.63) is 35.9 Å². The molecule has 0 fully saturated rings. The molecule has 1 heterocycles. The molecule has 0 spiro atoms. The summed E-state index contributed by atoms with van der Waals surface area (Å²) in [5, 5.41) is 7.52. The maximum atomic E-state index is 13.6. The van der Waals surface area contributed by atoms with Crippen molar-refractivity contribution >= 4 is 10.0 Å². The van der Waals surface area contributed by atoms with E-state index in [2.05, 4.69) is 19.7 Å². The number of benzene rings is 1. The molecule has 0 bridgehead atoms. The summed E-state index contributed by atoms with van der Waals surface area (Å²) in [5.41, 5.74) is 0. The highest BCUT2D eigenvalue weighted by Gasteiger charge is 2.21. The highest BCUT2D eigenvalue weighted by atomic mass is 32.2. The predicted octanol–water partition coefficient (Wildman–Crippen LogP) is 1.62. The van der Waals surface area contributed by atoms with Crippen LogP contribution in [0, 0.1) is 11.6 Å². The Bertz CT molecular complexity index is 782. The van der Waals surface area contributed by atoms with Crippen molar-refractivity contribution < 1.29 is 21.9 Å². The maximum absolute atomic E-state index is 13.6. The fraction of sp³-hybridized carbons (Fsp3) is 0.385. The van der Waals surface area contributed by atoms with Gasteiger partial charge in [-0.1, -0.05) is 0 Å². The lowest BCUT2D eigenvalue weighted by Gasteiger charge is -2.12. The quantitative estimate of drug-likeness (QED) is 0.859. The molecule has 1 N–H and O–H groups in total. The van der Waals surface area contributed by atoms with Gasteiger partial charge < -0.3 is 9.30 Å². The molecule has 0 saturated heterocycles. The summed E-state index contributed by atoms with van der Waals surface area (Å²) in [6.07, 6.45) is 1.47. The minimum atomic E-state index is -4.12. The number of sulfonamides is 1. The average molecular weight is 346 g/mol. The number of rotatable bonds is 6. The fourth-order valence-corrected chi connectivity index (χ4v) is 2.96. The van der Waals surface area contributed by atoms with Gasteiger partial charge in [0, 0.05) is 6.04 Å². The molecule has 0 amide bonds. The second-order valence-corrected chi connectivity index (χ2v) is 6.76. The van der Waals surface area contributed by atoms with Crippen molar-refractivity contribution in [2.24, 2.45) is 0 Å². The van der Waals surface area contributed by atoms with E-state index in [1.807, 2.05) is 13.8 Å². The SMILES string of the molecule is COc1c(F)cc(S(=O)(=O)NCc2nncn2C(C)C)cc1F. The third-order valence-electron chi connectivity index (χ3n) is 3.11. The molecule has 0 aliphatic rings. The van der Waals surface area contributed by atoms with Gasteiger partial charge in [0.1, 0.15) is 12.2 Å². The lowest BCUT2D eigenvalue weighted by Crippen LogP contribution is -2.25. The van der Waals surface area contributed by atoms with Crippen LogP contribution in [0.25, 0.3) is 0 Å². The molecular weight excluding hydrogens is 330 g/mol. The van der Waals surface area contributed by atoms with Crippen LogP contribution in [0.5, 0.6) is 5.75 Å². The number of hydrogen-bond acceptors (Lipinski definition) is 5. The largest absolute Gasteiger partial charge is 0.491 e. The molecule has 0 aliphatic carbocycles. The number of aromatic nitrogens is 3. The minimum absolute atomic E-state index is 0.0420. The van der Waals surface area contributed by atoms with Crippen molar-refractivity contribution in [1.29, 1.82) is 0 Å². The standard InChI is InChI=1S/C13H16F2N4O3S/c1-8(2)19-7-16-18-12(19)6-17-23(20,21)9-4-10(14)13(22-3)11(15)5-9/h4-5,7-8,17H,6H2,1-3H3. The van der Waals surface area contributed by atoms with E-state index in [-0.39, 0.29) is 12.6 Å². The average Bonchev–Trinajstić information content (AvgIpc) is 2.93. The van der Waals surface area contributed by atoms with Crippen LogP contribution in [0.2, 0.25) is 0 Å². The molecule has 126 valence electrons. The molecule has 1 aromatic carbocycles. The Labute approximate surface area is 132 Å². The van der Waals surface area contributed by atoms with Crippen molar-refractivity contribution in [3.63, 3.8) is 0 Å². The molecule has 0 aliphatic heterocycles. The van der Waals surface area contributed by atoms with Gasteiger partial charge in [0.25, 0.3) is 0 Å². The second-order valence-electron chi connectivity index (χ2n) is 4.99. The highest BCUT2D eigenvalue weighted by Crippen LogP contribution is 2.25.